The highest BCUT2D eigenvalue weighted by atomic mass is 16.5. The average molecular weight is 901 g/mol. The van der Waals surface area contributed by atoms with Crippen molar-refractivity contribution in [2.75, 3.05) is 57.8 Å². The number of methoxy groups -OCH3 is 1. The van der Waals surface area contributed by atoms with Crippen LogP contribution in [0.3, 0.4) is 0 Å². The minimum absolute atomic E-state index is 0.0308. The number of guanidine groups is 1. The van der Waals surface area contributed by atoms with Crippen LogP contribution in [0.1, 0.15) is 24.8 Å². The Morgan fingerprint density at radius 1 is 0.769 bits per heavy atom. The van der Waals surface area contributed by atoms with Crippen LogP contribution in [0.4, 0.5) is 16.4 Å². The molecule has 4 aromatic heterocycles. The fourth-order valence-electron chi connectivity index (χ4n) is 6.11. The number of esters is 1. The molecule has 27 heteroatoms. The van der Waals surface area contributed by atoms with Crippen LogP contribution in [0.25, 0.3) is 22.3 Å². The van der Waals surface area contributed by atoms with E-state index in [1.165, 1.54) is 28.1 Å². The number of aliphatic imine (C=N–C) groups is 1. The number of ether oxygens (including phenoxy) is 2. The monoisotopic (exact) mass is 900 g/mol. The molecule has 0 spiro atoms. The Labute approximate surface area is 369 Å². The lowest BCUT2D eigenvalue weighted by atomic mass is 10.1. The van der Waals surface area contributed by atoms with Gasteiger partial charge in [-0.1, -0.05) is 30.3 Å². The molecule has 0 aliphatic heterocycles. The number of nitrogens with one attached hydrogen (secondary N) is 3. The van der Waals surface area contributed by atoms with E-state index in [1.807, 2.05) is 6.07 Å². The predicted molar refractivity (Wildman–Crippen MR) is 229 cm³/mol. The summed E-state index contributed by atoms with van der Waals surface area (Å²) in [5.74, 6) is -4.79. The van der Waals surface area contributed by atoms with Crippen molar-refractivity contribution in [2.45, 2.75) is 45.0 Å². The smallest absolute Gasteiger partial charge is 0.407 e. The predicted octanol–water partition coefficient (Wildman–Crippen LogP) is -2.84. The number of nitrogens with two attached hydrogens (primary N) is 4. The fraction of sp³-hybridized carbons (Fsp3) is 0.368. The van der Waals surface area contributed by atoms with E-state index in [4.69, 9.17) is 32.4 Å². The summed E-state index contributed by atoms with van der Waals surface area (Å²) >= 11 is 0. The van der Waals surface area contributed by atoms with Gasteiger partial charge in [-0.2, -0.15) is 0 Å². The van der Waals surface area contributed by atoms with Gasteiger partial charge in [0.15, 0.2) is 28.9 Å². The van der Waals surface area contributed by atoms with Crippen molar-refractivity contribution in [1.29, 1.82) is 0 Å². The number of hydrogen-bond donors (Lipinski definition) is 7. The number of anilines is 2. The molecule has 65 heavy (non-hydrogen) atoms. The number of imide groups is 1. The average Bonchev–Trinajstić information content (AvgIpc) is 3.90. The first-order chi connectivity index (χ1) is 31.2. The molecule has 0 aliphatic rings. The molecular weight excluding hydrogens is 853 g/mol. The number of hydrogen-bond acceptors (Lipinski definition) is 18. The summed E-state index contributed by atoms with van der Waals surface area (Å²) in [4.78, 5) is 123. The summed E-state index contributed by atoms with van der Waals surface area (Å²) in [6.07, 6.45) is 4.30. The molecule has 0 saturated heterocycles. The van der Waals surface area contributed by atoms with Gasteiger partial charge in [-0.05, 0) is 18.4 Å². The number of benzene rings is 1. The number of imidazole rings is 2. The van der Waals surface area contributed by atoms with Gasteiger partial charge in [-0.15, -0.1) is 0 Å². The first kappa shape index (κ1) is 47.5. The van der Waals surface area contributed by atoms with Crippen LogP contribution in [0.15, 0.2) is 60.6 Å². The van der Waals surface area contributed by atoms with Crippen molar-refractivity contribution in [3.8, 4) is 0 Å². The fourth-order valence-corrected chi connectivity index (χ4v) is 6.11. The van der Waals surface area contributed by atoms with Gasteiger partial charge in [0.2, 0.25) is 29.5 Å². The lowest BCUT2D eigenvalue weighted by molar-refractivity contribution is -0.151. The molecule has 0 fully saturated rings. The van der Waals surface area contributed by atoms with Crippen molar-refractivity contribution in [3.63, 3.8) is 0 Å². The van der Waals surface area contributed by atoms with Crippen molar-refractivity contribution >= 4 is 81.5 Å². The van der Waals surface area contributed by atoms with E-state index in [9.17, 15) is 33.6 Å². The van der Waals surface area contributed by atoms with E-state index in [0.29, 0.717) is 11.3 Å². The minimum Gasteiger partial charge on any atom is -0.467 e. The Bertz CT molecular complexity index is 2520. The highest BCUT2D eigenvalue weighted by Gasteiger charge is 2.29. The zero-order valence-electron chi connectivity index (χ0n) is 35.2. The topological polar surface area (TPSA) is 384 Å². The zero-order valence-corrected chi connectivity index (χ0v) is 35.2. The molecule has 0 bridgehead atoms. The van der Waals surface area contributed by atoms with Gasteiger partial charge in [-0.25, -0.2) is 39.5 Å². The van der Waals surface area contributed by atoms with Crippen molar-refractivity contribution in [2.24, 2.45) is 16.5 Å². The minimum atomic E-state index is -1.03. The Balaban J connectivity index is 1.30. The van der Waals surface area contributed by atoms with Gasteiger partial charge in [0.25, 0.3) is 0 Å². The molecule has 5 rings (SSSR count). The maximum Gasteiger partial charge on any atom is 0.407 e. The molecule has 0 saturated carbocycles. The lowest BCUT2D eigenvalue weighted by Gasteiger charge is -2.27. The normalized spacial score (nSPS) is 11.3. The molecular formula is C38H48N18O9. The van der Waals surface area contributed by atoms with Crippen LogP contribution >= 0.6 is 0 Å². The Hall–Kier alpha value is -8.52. The Morgan fingerprint density at radius 3 is 2.02 bits per heavy atom. The molecule has 11 N–H and O–H groups in total. The van der Waals surface area contributed by atoms with Gasteiger partial charge in [0.1, 0.15) is 62.5 Å². The highest BCUT2D eigenvalue weighted by Crippen LogP contribution is 2.16. The van der Waals surface area contributed by atoms with E-state index >= 15 is 0 Å². The van der Waals surface area contributed by atoms with Crippen molar-refractivity contribution < 1.29 is 43.0 Å². The lowest BCUT2D eigenvalue weighted by Crippen LogP contribution is -2.51. The summed E-state index contributed by atoms with van der Waals surface area (Å²) in [7, 11) is 1.16. The second-order valence-corrected chi connectivity index (χ2v) is 14.0. The summed E-state index contributed by atoms with van der Waals surface area (Å²) in [6.45, 7) is -3.14. The van der Waals surface area contributed by atoms with Crippen LogP contribution in [-0.4, -0.2) is 149 Å². The van der Waals surface area contributed by atoms with Gasteiger partial charge in [-0.3, -0.25) is 33.9 Å². The van der Waals surface area contributed by atoms with E-state index in [2.05, 4.69) is 50.8 Å². The number of alkyl carbamates (subject to hydrolysis) is 1. The van der Waals surface area contributed by atoms with Gasteiger partial charge in [0, 0.05) is 32.6 Å². The maximum absolute atomic E-state index is 14.2. The van der Waals surface area contributed by atoms with Crippen LogP contribution < -0.4 is 38.9 Å². The number of fused-ring (bicyclic) bond motifs is 2. The van der Waals surface area contributed by atoms with Crippen LogP contribution in [0.2, 0.25) is 0 Å². The SMILES string of the molecule is COC(=O)[C@H](CCCN=C(N)N)NC(=O)CCNC(=O)CN(C(=O)CN(CCNC(=O)OCc1ccccc1)C(=O)Cn1cnc2c(N)ncnc21)C(=O)Cn1cnc2c(N)ncnc21. The van der Waals surface area contributed by atoms with Crippen molar-refractivity contribution in [1.82, 2.24) is 64.8 Å². The third-order valence-corrected chi connectivity index (χ3v) is 9.36. The second kappa shape index (κ2) is 23.1. The van der Waals surface area contributed by atoms with Gasteiger partial charge >= 0.3 is 12.1 Å². The number of nitrogens with zero attached hydrogens (tertiary/aromatic N) is 11. The van der Waals surface area contributed by atoms with E-state index in [0.717, 1.165) is 23.9 Å². The molecule has 1 atom stereocenters. The standard InChI is InChI=1S/C38H48N18O9/c1-64-36(62)24(8-5-10-44-37(41)42)52-25(57)9-11-43-26(58)14-56(29(61)17-55-22-51-31-33(40)47-20-49-35(31)55)28(60)16-53(13-12-45-38(63)65-18-23-6-3-2-4-7-23)27(59)15-54-21-50-30-32(39)46-19-48-34(30)54/h2-4,6-7,19-22,24H,5,8-18H2,1H3,(H,43,58)(H,45,63)(H,52,57)(H2,39,46,48)(H2,40,47,49)(H4,41,42,44)/t24-/m0/s1. The summed E-state index contributed by atoms with van der Waals surface area (Å²) < 4.78 is 12.7. The van der Waals surface area contributed by atoms with Crippen LogP contribution in [0.5, 0.6) is 0 Å². The molecule has 344 valence electrons. The van der Waals surface area contributed by atoms with E-state index < -0.39 is 73.8 Å². The number of carbonyl (C=O) groups excluding carboxylic acids is 7. The second-order valence-electron chi connectivity index (χ2n) is 14.0. The van der Waals surface area contributed by atoms with E-state index in [-0.39, 0.29) is 85.6 Å². The van der Waals surface area contributed by atoms with Gasteiger partial charge < -0.3 is 62.4 Å². The summed E-state index contributed by atoms with van der Waals surface area (Å²) in [6, 6.07) is 7.89. The molecule has 0 unspecified atom stereocenters. The highest BCUT2D eigenvalue weighted by molar-refractivity contribution is 6.01. The molecule has 5 aromatic rings. The Morgan fingerprint density at radius 2 is 1.40 bits per heavy atom. The van der Waals surface area contributed by atoms with Gasteiger partial charge in [0.05, 0.1) is 19.8 Å². The Kier molecular flexibility index (Phi) is 16.9. The van der Waals surface area contributed by atoms with E-state index in [1.54, 1.807) is 24.3 Å². The molecule has 27 nitrogen and oxygen atoms in total. The van der Waals surface area contributed by atoms with Crippen LogP contribution in [-0.2, 0) is 57.9 Å². The quantitative estimate of drug-likeness (QED) is 0.0159. The number of amides is 6. The molecule has 0 radical (unpaired) electrons. The third kappa shape index (κ3) is 13.7. The molecule has 6 amide bonds. The molecule has 4 heterocycles. The maximum atomic E-state index is 14.2. The third-order valence-electron chi connectivity index (χ3n) is 9.36. The molecule has 0 aliphatic carbocycles. The number of nitrogen functional groups attached to an aromatic ring is 2. The van der Waals surface area contributed by atoms with Crippen LogP contribution in [0, 0.1) is 0 Å². The number of rotatable bonds is 22. The largest absolute Gasteiger partial charge is 0.467 e. The zero-order chi connectivity index (χ0) is 46.9. The molecule has 1 aromatic carbocycles. The summed E-state index contributed by atoms with van der Waals surface area (Å²) in [5.41, 5.74) is 24.0. The number of carbonyl (C=O) groups is 7. The first-order valence-corrected chi connectivity index (χ1v) is 19.8. The first-order valence-electron chi connectivity index (χ1n) is 19.8. The summed E-state index contributed by atoms with van der Waals surface area (Å²) in [5, 5.41) is 7.57. The number of aromatic nitrogens is 8. The van der Waals surface area contributed by atoms with Crippen molar-refractivity contribution in [3.05, 3.63) is 61.2 Å².